The molecule has 0 radical (unpaired) electrons. The van der Waals surface area contributed by atoms with Crippen LogP contribution in [0.25, 0.3) is 0 Å². The molecule has 1 aliphatic carbocycles. The highest BCUT2D eigenvalue weighted by Gasteiger charge is 2.36. The molecule has 112 valence electrons. The second-order valence-corrected chi connectivity index (χ2v) is 7.40. The summed E-state index contributed by atoms with van der Waals surface area (Å²) in [6, 6.07) is 3.47. The van der Waals surface area contributed by atoms with Crippen LogP contribution in [0.1, 0.15) is 25.7 Å². The molecule has 2 rings (SSSR count). The Kier molecular flexibility index (Phi) is 4.04. The maximum atomic E-state index is 13.8. The van der Waals surface area contributed by atoms with E-state index in [0.717, 1.165) is 29.3 Å². The predicted octanol–water partition coefficient (Wildman–Crippen LogP) is 1.33. The molecule has 0 aromatic heterocycles. The summed E-state index contributed by atoms with van der Waals surface area (Å²) in [6.07, 6.45) is 2.88. The lowest BCUT2D eigenvalue weighted by Gasteiger charge is -2.28. The summed E-state index contributed by atoms with van der Waals surface area (Å²) in [5.74, 6) is -0.879. The molecular formula is C13H19FN2O3S. The van der Waals surface area contributed by atoms with Crippen LogP contribution in [-0.2, 0) is 10.0 Å². The van der Waals surface area contributed by atoms with Crippen LogP contribution in [-0.4, -0.2) is 37.0 Å². The van der Waals surface area contributed by atoms with Crippen LogP contribution >= 0.6 is 0 Å². The van der Waals surface area contributed by atoms with Crippen LogP contribution in [0, 0.1) is 5.82 Å². The summed E-state index contributed by atoms with van der Waals surface area (Å²) >= 11 is 0. The molecule has 0 saturated heterocycles. The van der Waals surface area contributed by atoms with Gasteiger partial charge in [0.25, 0.3) is 0 Å². The summed E-state index contributed by atoms with van der Waals surface area (Å²) in [4.78, 5) is -0.421. The normalized spacial score (nSPS) is 18.6. The minimum absolute atomic E-state index is 0.0286. The summed E-state index contributed by atoms with van der Waals surface area (Å²) in [6.45, 7) is -0.0286. The first-order chi connectivity index (χ1) is 9.24. The first-order valence-corrected chi connectivity index (χ1v) is 7.92. The number of benzene rings is 1. The van der Waals surface area contributed by atoms with Gasteiger partial charge in [-0.15, -0.1) is 0 Å². The molecule has 0 heterocycles. The third-order valence-corrected chi connectivity index (χ3v) is 5.53. The first kappa shape index (κ1) is 15.2. The molecule has 0 aliphatic heterocycles. The zero-order valence-corrected chi connectivity index (χ0v) is 12.2. The van der Waals surface area contributed by atoms with Gasteiger partial charge >= 0.3 is 0 Å². The fourth-order valence-corrected chi connectivity index (χ4v) is 3.88. The van der Waals surface area contributed by atoms with Gasteiger partial charge in [0.2, 0.25) is 10.0 Å². The molecule has 20 heavy (non-hydrogen) atoms. The lowest BCUT2D eigenvalue weighted by Crippen LogP contribution is -2.42. The molecule has 0 atom stereocenters. The fraction of sp³-hybridized carbons (Fsp3) is 0.538. The molecule has 0 unspecified atom stereocenters. The van der Waals surface area contributed by atoms with Gasteiger partial charge in [-0.3, -0.25) is 0 Å². The lowest BCUT2D eigenvalue weighted by molar-refractivity contribution is 0.0333. The Balaban J connectivity index is 2.25. The molecule has 3 N–H and O–H groups in total. The maximum absolute atomic E-state index is 13.8. The Hall–Kier alpha value is -1.18. The van der Waals surface area contributed by atoms with E-state index in [4.69, 9.17) is 5.73 Å². The molecule has 7 heteroatoms. The predicted molar refractivity (Wildman–Crippen MR) is 74.0 cm³/mol. The number of rotatable bonds is 4. The molecule has 0 amide bonds. The van der Waals surface area contributed by atoms with Crippen LogP contribution in [0.4, 0.5) is 10.1 Å². The van der Waals surface area contributed by atoms with Crippen molar-refractivity contribution in [1.29, 1.82) is 0 Å². The van der Waals surface area contributed by atoms with Gasteiger partial charge < -0.3 is 10.8 Å². The largest absolute Gasteiger partial charge is 0.399 e. The van der Waals surface area contributed by atoms with Crippen LogP contribution in [0.2, 0.25) is 0 Å². The SMILES string of the molecule is CN(CC1(O)CCCC1)S(=O)(=O)c1ccc(N)cc1F. The molecule has 0 spiro atoms. The summed E-state index contributed by atoms with van der Waals surface area (Å²) in [7, 11) is -2.62. The van der Waals surface area contributed by atoms with E-state index in [0.29, 0.717) is 12.8 Å². The van der Waals surface area contributed by atoms with E-state index in [1.54, 1.807) is 0 Å². The average molecular weight is 302 g/mol. The number of nitrogens with two attached hydrogens (primary N) is 1. The fourth-order valence-electron chi connectivity index (χ4n) is 2.58. The Morgan fingerprint density at radius 2 is 2.00 bits per heavy atom. The van der Waals surface area contributed by atoms with E-state index in [-0.39, 0.29) is 12.2 Å². The molecular weight excluding hydrogens is 283 g/mol. The number of halogens is 1. The van der Waals surface area contributed by atoms with Crippen LogP contribution in [0.3, 0.4) is 0 Å². The smallest absolute Gasteiger partial charge is 0.245 e. The molecule has 5 nitrogen and oxygen atoms in total. The van der Waals surface area contributed by atoms with Gasteiger partial charge in [-0.05, 0) is 31.0 Å². The zero-order valence-electron chi connectivity index (χ0n) is 11.3. The van der Waals surface area contributed by atoms with Crippen LogP contribution < -0.4 is 5.73 Å². The first-order valence-electron chi connectivity index (χ1n) is 6.48. The van der Waals surface area contributed by atoms with Gasteiger partial charge in [0, 0.05) is 19.3 Å². The minimum atomic E-state index is -3.97. The van der Waals surface area contributed by atoms with Gasteiger partial charge in [0.1, 0.15) is 10.7 Å². The average Bonchev–Trinajstić information content (AvgIpc) is 2.75. The van der Waals surface area contributed by atoms with Crippen LogP contribution in [0.15, 0.2) is 23.1 Å². The van der Waals surface area contributed by atoms with Gasteiger partial charge in [0.15, 0.2) is 0 Å². The number of sulfonamides is 1. The zero-order chi connectivity index (χ0) is 15.0. The highest BCUT2D eigenvalue weighted by Crippen LogP contribution is 2.31. The Morgan fingerprint density at radius 3 is 2.55 bits per heavy atom. The second kappa shape index (κ2) is 5.31. The standard InChI is InChI=1S/C13H19FN2O3S/c1-16(9-13(17)6-2-3-7-13)20(18,19)12-5-4-10(15)8-11(12)14/h4-5,8,17H,2-3,6-7,9,15H2,1H3. The van der Waals surface area contributed by atoms with E-state index in [1.807, 2.05) is 0 Å². The van der Waals surface area contributed by atoms with Crippen molar-refractivity contribution in [1.82, 2.24) is 4.31 Å². The van der Waals surface area contributed by atoms with E-state index in [1.165, 1.54) is 13.1 Å². The molecule has 0 bridgehead atoms. The molecule has 1 aromatic rings. The van der Waals surface area contributed by atoms with Crippen molar-refractivity contribution in [2.24, 2.45) is 0 Å². The maximum Gasteiger partial charge on any atom is 0.245 e. The molecule has 1 aromatic carbocycles. The van der Waals surface area contributed by atoms with Crippen molar-refractivity contribution < 1.29 is 17.9 Å². The number of nitrogens with zero attached hydrogens (tertiary/aromatic N) is 1. The summed E-state index contributed by atoms with van der Waals surface area (Å²) < 4.78 is 39.4. The Bertz CT molecular complexity index is 598. The van der Waals surface area contributed by atoms with E-state index < -0.39 is 26.3 Å². The van der Waals surface area contributed by atoms with Crippen molar-refractivity contribution in [2.75, 3.05) is 19.3 Å². The van der Waals surface area contributed by atoms with Gasteiger partial charge in [0.05, 0.1) is 5.60 Å². The number of hydrogen-bond donors (Lipinski definition) is 2. The highest BCUT2D eigenvalue weighted by molar-refractivity contribution is 7.89. The quantitative estimate of drug-likeness (QED) is 0.822. The van der Waals surface area contributed by atoms with Crippen molar-refractivity contribution >= 4 is 15.7 Å². The van der Waals surface area contributed by atoms with Crippen LogP contribution in [0.5, 0.6) is 0 Å². The number of anilines is 1. The number of nitrogen functional groups attached to an aromatic ring is 1. The van der Waals surface area contributed by atoms with Crippen molar-refractivity contribution in [3.05, 3.63) is 24.0 Å². The van der Waals surface area contributed by atoms with E-state index in [2.05, 4.69) is 0 Å². The van der Waals surface area contributed by atoms with Crippen molar-refractivity contribution in [3.63, 3.8) is 0 Å². The summed E-state index contributed by atoms with van der Waals surface area (Å²) in [5, 5.41) is 10.3. The third-order valence-electron chi connectivity index (χ3n) is 3.70. The summed E-state index contributed by atoms with van der Waals surface area (Å²) in [5.41, 5.74) is 4.57. The van der Waals surface area contributed by atoms with Gasteiger partial charge in [-0.1, -0.05) is 12.8 Å². The molecule has 1 fully saturated rings. The minimum Gasteiger partial charge on any atom is -0.399 e. The number of likely N-dealkylation sites (N-methyl/N-ethyl adjacent to an activating group) is 1. The van der Waals surface area contributed by atoms with Gasteiger partial charge in [-0.25, -0.2) is 12.8 Å². The lowest BCUT2D eigenvalue weighted by atomic mass is 10.0. The highest BCUT2D eigenvalue weighted by atomic mass is 32.2. The number of aliphatic hydroxyl groups is 1. The molecule has 1 saturated carbocycles. The topological polar surface area (TPSA) is 83.6 Å². The Labute approximate surface area is 118 Å². The Morgan fingerprint density at radius 1 is 1.40 bits per heavy atom. The molecule has 1 aliphatic rings. The second-order valence-electron chi connectivity index (χ2n) is 5.38. The van der Waals surface area contributed by atoms with Crippen molar-refractivity contribution in [2.45, 2.75) is 36.2 Å². The van der Waals surface area contributed by atoms with Gasteiger partial charge in [-0.2, -0.15) is 4.31 Å². The number of hydrogen-bond acceptors (Lipinski definition) is 4. The van der Waals surface area contributed by atoms with Crippen molar-refractivity contribution in [3.8, 4) is 0 Å². The van der Waals surface area contributed by atoms with E-state index in [9.17, 15) is 17.9 Å². The third kappa shape index (κ3) is 2.94. The monoisotopic (exact) mass is 302 g/mol. The van der Waals surface area contributed by atoms with E-state index >= 15 is 0 Å².